The minimum Gasteiger partial charge on any atom is -0.478 e. The number of rotatable bonds is 4. The molecule has 1 aliphatic carbocycles. The zero-order valence-electron chi connectivity index (χ0n) is 10.1. The molecule has 0 atom stereocenters. The van der Waals surface area contributed by atoms with E-state index in [1.165, 1.54) is 19.4 Å². The van der Waals surface area contributed by atoms with Gasteiger partial charge in [0.1, 0.15) is 6.10 Å². The fraction of sp³-hybridized carbons (Fsp3) is 0.538. The number of esters is 1. The number of carbonyl (C=O) groups is 2. The van der Waals surface area contributed by atoms with Crippen LogP contribution in [0.25, 0.3) is 0 Å². The highest BCUT2D eigenvalue weighted by molar-refractivity contribution is 5.95. The Hall–Kier alpha value is -1.58. The Labute approximate surface area is 101 Å². The second kappa shape index (κ2) is 6.23. The van der Waals surface area contributed by atoms with E-state index in [9.17, 15) is 9.59 Å². The van der Waals surface area contributed by atoms with E-state index in [1.54, 1.807) is 0 Å². The second-order valence-corrected chi connectivity index (χ2v) is 4.32. The van der Waals surface area contributed by atoms with Crippen molar-refractivity contribution < 1.29 is 19.4 Å². The molecule has 0 amide bonds. The van der Waals surface area contributed by atoms with Crippen molar-refractivity contribution in [1.29, 1.82) is 0 Å². The van der Waals surface area contributed by atoms with Gasteiger partial charge in [-0.2, -0.15) is 0 Å². The molecular formula is C13H18O4. The van der Waals surface area contributed by atoms with Gasteiger partial charge in [0.2, 0.25) is 0 Å². The molecule has 4 heteroatoms. The van der Waals surface area contributed by atoms with Crippen molar-refractivity contribution >= 4 is 11.9 Å². The summed E-state index contributed by atoms with van der Waals surface area (Å²) in [5.74, 6) is -1.57. The molecule has 0 spiro atoms. The lowest BCUT2D eigenvalue weighted by molar-refractivity contribution is -0.145. The number of aliphatic carboxylic acids is 1. The van der Waals surface area contributed by atoms with Crippen LogP contribution in [0.2, 0.25) is 0 Å². The van der Waals surface area contributed by atoms with Gasteiger partial charge in [-0.15, -0.1) is 0 Å². The first-order valence-corrected chi connectivity index (χ1v) is 5.82. The second-order valence-electron chi connectivity index (χ2n) is 4.32. The van der Waals surface area contributed by atoms with Crippen molar-refractivity contribution in [2.24, 2.45) is 0 Å². The molecule has 0 bridgehead atoms. The zero-order valence-corrected chi connectivity index (χ0v) is 10.1. The Kier molecular flexibility index (Phi) is 4.94. The number of hydrogen-bond donors (Lipinski definition) is 1. The maximum atomic E-state index is 11.6. The Balaban J connectivity index is 2.49. The molecule has 0 aromatic heterocycles. The van der Waals surface area contributed by atoms with E-state index >= 15 is 0 Å². The summed E-state index contributed by atoms with van der Waals surface area (Å²) >= 11 is 0. The molecule has 0 radical (unpaired) electrons. The van der Waals surface area contributed by atoms with E-state index in [2.05, 4.69) is 6.58 Å². The molecule has 1 fully saturated rings. The largest absolute Gasteiger partial charge is 0.478 e. The van der Waals surface area contributed by atoms with Gasteiger partial charge in [0.05, 0.1) is 5.57 Å². The Morgan fingerprint density at radius 1 is 1.29 bits per heavy atom. The van der Waals surface area contributed by atoms with Crippen molar-refractivity contribution in [2.45, 2.75) is 45.1 Å². The zero-order chi connectivity index (χ0) is 12.8. The van der Waals surface area contributed by atoms with Crippen LogP contribution in [-0.2, 0) is 14.3 Å². The summed E-state index contributed by atoms with van der Waals surface area (Å²) in [6, 6.07) is 0. The molecule has 0 aromatic rings. The smallest absolute Gasteiger partial charge is 0.337 e. The molecule has 1 N–H and O–H groups in total. The summed E-state index contributed by atoms with van der Waals surface area (Å²) in [6.45, 7) is 4.95. The average molecular weight is 238 g/mol. The van der Waals surface area contributed by atoms with E-state index in [4.69, 9.17) is 9.84 Å². The van der Waals surface area contributed by atoms with Crippen molar-refractivity contribution in [1.82, 2.24) is 0 Å². The molecule has 4 nitrogen and oxygen atoms in total. The summed E-state index contributed by atoms with van der Waals surface area (Å²) in [5.41, 5.74) is 0.172. The van der Waals surface area contributed by atoms with E-state index in [-0.39, 0.29) is 17.3 Å². The lowest BCUT2D eigenvalue weighted by Crippen LogP contribution is -2.21. The van der Waals surface area contributed by atoms with Crippen LogP contribution < -0.4 is 0 Å². The average Bonchev–Trinajstić information content (AvgIpc) is 2.29. The SMILES string of the molecule is C=C(C=C(C)C(=O)O)C(=O)OC1CCCCC1. The molecule has 0 aromatic carbocycles. The van der Waals surface area contributed by atoms with Gasteiger partial charge in [-0.05, 0) is 38.7 Å². The fourth-order valence-corrected chi connectivity index (χ4v) is 1.79. The maximum absolute atomic E-state index is 11.6. The lowest BCUT2D eigenvalue weighted by Gasteiger charge is -2.21. The number of carboxylic acids is 1. The molecular weight excluding hydrogens is 220 g/mol. The third kappa shape index (κ3) is 4.43. The van der Waals surface area contributed by atoms with E-state index in [1.807, 2.05) is 0 Å². The van der Waals surface area contributed by atoms with Gasteiger partial charge < -0.3 is 9.84 Å². The molecule has 0 unspecified atom stereocenters. The Bertz CT molecular complexity index is 348. The predicted molar refractivity (Wildman–Crippen MR) is 63.5 cm³/mol. The summed E-state index contributed by atoms with van der Waals surface area (Å²) < 4.78 is 5.26. The number of carboxylic acid groups (broad SMARTS) is 1. The number of carbonyl (C=O) groups excluding carboxylic acids is 1. The van der Waals surface area contributed by atoms with Crippen molar-refractivity contribution in [2.75, 3.05) is 0 Å². The van der Waals surface area contributed by atoms with Gasteiger partial charge in [0.25, 0.3) is 0 Å². The van der Waals surface area contributed by atoms with Crippen LogP contribution in [0.4, 0.5) is 0 Å². The van der Waals surface area contributed by atoms with Crippen LogP contribution in [0.1, 0.15) is 39.0 Å². The number of ether oxygens (including phenoxy) is 1. The number of hydrogen-bond acceptors (Lipinski definition) is 3. The molecule has 1 saturated carbocycles. The molecule has 94 valence electrons. The molecule has 1 rings (SSSR count). The van der Waals surface area contributed by atoms with Gasteiger partial charge in [-0.1, -0.05) is 13.0 Å². The standard InChI is InChI=1S/C13H18O4/c1-9(12(14)15)8-10(2)13(16)17-11-6-4-3-5-7-11/h8,11H,2-7H2,1H3,(H,14,15). The third-order valence-corrected chi connectivity index (χ3v) is 2.82. The van der Waals surface area contributed by atoms with Crippen molar-refractivity contribution in [3.05, 3.63) is 23.8 Å². The Morgan fingerprint density at radius 2 is 1.88 bits per heavy atom. The predicted octanol–water partition coefficient (Wildman–Crippen LogP) is 2.45. The molecule has 17 heavy (non-hydrogen) atoms. The third-order valence-electron chi connectivity index (χ3n) is 2.82. The summed E-state index contributed by atoms with van der Waals surface area (Å²) in [5, 5.41) is 8.67. The monoisotopic (exact) mass is 238 g/mol. The quantitative estimate of drug-likeness (QED) is 0.464. The first kappa shape index (κ1) is 13.5. The molecule has 0 saturated heterocycles. The van der Waals surface area contributed by atoms with Crippen LogP contribution in [0.15, 0.2) is 23.8 Å². The topological polar surface area (TPSA) is 63.6 Å². The highest BCUT2D eigenvalue weighted by atomic mass is 16.5. The van der Waals surface area contributed by atoms with Gasteiger partial charge >= 0.3 is 11.9 Å². The van der Waals surface area contributed by atoms with Crippen LogP contribution in [0.3, 0.4) is 0 Å². The minimum absolute atomic E-state index is 0.0356. The van der Waals surface area contributed by atoms with Crippen molar-refractivity contribution in [3.63, 3.8) is 0 Å². The van der Waals surface area contributed by atoms with E-state index in [0.29, 0.717) is 0 Å². The van der Waals surface area contributed by atoms with Gasteiger partial charge in [0, 0.05) is 5.57 Å². The highest BCUT2D eigenvalue weighted by Gasteiger charge is 2.18. The lowest BCUT2D eigenvalue weighted by atomic mass is 9.98. The van der Waals surface area contributed by atoms with Gasteiger partial charge in [0.15, 0.2) is 0 Å². The molecule has 0 aliphatic heterocycles. The van der Waals surface area contributed by atoms with E-state index in [0.717, 1.165) is 25.7 Å². The maximum Gasteiger partial charge on any atom is 0.337 e. The van der Waals surface area contributed by atoms with Crippen LogP contribution >= 0.6 is 0 Å². The summed E-state index contributed by atoms with van der Waals surface area (Å²) in [7, 11) is 0. The van der Waals surface area contributed by atoms with Crippen LogP contribution in [0, 0.1) is 0 Å². The fourth-order valence-electron chi connectivity index (χ4n) is 1.79. The molecule has 0 heterocycles. The highest BCUT2D eigenvalue weighted by Crippen LogP contribution is 2.21. The van der Waals surface area contributed by atoms with Crippen LogP contribution in [0.5, 0.6) is 0 Å². The summed E-state index contributed by atoms with van der Waals surface area (Å²) in [6.07, 6.45) is 6.33. The van der Waals surface area contributed by atoms with Crippen LogP contribution in [-0.4, -0.2) is 23.1 Å². The van der Waals surface area contributed by atoms with E-state index < -0.39 is 11.9 Å². The van der Waals surface area contributed by atoms with Gasteiger partial charge in [-0.3, -0.25) is 0 Å². The Morgan fingerprint density at radius 3 is 2.41 bits per heavy atom. The minimum atomic E-state index is -1.06. The molecule has 1 aliphatic rings. The normalized spacial score (nSPS) is 17.6. The van der Waals surface area contributed by atoms with Gasteiger partial charge in [-0.25, -0.2) is 9.59 Å². The van der Waals surface area contributed by atoms with Crippen molar-refractivity contribution in [3.8, 4) is 0 Å². The first-order chi connectivity index (χ1) is 8.00. The summed E-state index contributed by atoms with van der Waals surface area (Å²) in [4.78, 5) is 22.2. The first-order valence-electron chi connectivity index (χ1n) is 5.82.